The third-order valence-electron chi connectivity index (χ3n) is 6.61. The van der Waals surface area contributed by atoms with Crippen molar-refractivity contribution in [1.82, 2.24) is 9.97 Å². The number of aliphatic hydroxyl groups is 1. The first kappa shape index (κ1) is 20.2. The first-order chi connectivity index (χ1) is 14.5. The molecule has 2 aliphatic heterocycles. The Kier molecular flexibility index (Phi) is 5.01. The van der Waals surface area contributed by atoms with Gasteiger partial charge >= 0.3 is 0 Å². The molecule has 160 valence electrons. The van der Waals surface area contributed by atoms with Crippen LogP contribution in [0.4, 0.5) is 11.8 Å². The predicted octanol–water partition coefficient (Wildman–Crippen LogP) is 2.48. The van der Waals surface area contributed by atoms with Crippen molar-refractivity contribution in [3.63, 3.8) is 0 Å². The number of hydrogen-bond acceptors (Lipinski definition) is 7. The van der Waals surface area contributed by atoms with Gasteiger partial charge < -0.3 is 20.1 Å². The van der Waals surface area contributed by atoms with E-state index in [0.717, 1.165) is 30.5 Å². The minimum absolute atomic E-state index is 0.0425. The highest BCUT2D eigenvalue weighted by Gasteiger charge is 2.47. The fourth-order valence-electron chi connectivity index (χ4n) is 4.48. The fourth-order valence-corrected chi connectivity index (χ4v) is 5.91. The molecule has 9 heteroatoms. The lowest BCUT2D eigenvalue weighted by atomic mass is 9.77. The molecule has 0 spiro atoms. The normalized spacial score (nSPS) is 23.4. The summed E-state index contributed by atoms with van der Waals surface area (Å²) < 4.78 is 18.5. The largest absolute Gasteiger partial charge is 0.394 e. The number of aromatic nitrogens is 2. The van der Waals surface area contributed by atoms with Crippen LogP contribution in [0, 0.1) is 0 Å². The summed E-state index contributed by atoms with van der Waals surface area (Å²) in [6.45, 7) is 1.29. The summed E-state index contributed by atoms with van der Waals surface area (Å²) in [6, 6.07) is 7.72. The summed E-state index contributed by atoms with van der Waals surface area (Å²) >= 11 is 6.03. The Morgan fingerprint density at radius 2 is 2.00 bits per heavy atom. The van der Waals surface area contributed by atoms with Gasteiger partial charge in [0.2, 0.25) is 5.95 Å². The van der Waals surface area contributed by atoms with Gasteiger partial charge in [0.05, 0.1) is 41.7 Å². The monoisotopic (exact) mass is 448 g/mol. The van der Waals surface area contributed by atoms with Crippen molar-refractivity contribution < 1.29 is 14.1 Å². The molecular weight excluding hydrogens is 424 g/mol. The van der Waals surface area contributed by atoms with Gasteiger partial charge in [0.15, 0.2) is 0 Å². The lowest BCUT2D eigenvalue weighted by Crippen LogP contribution is -2.61. The molecule has 1 atom stereocenters. The van der Waals surface area contributed by atoms with Crippen LogP contribution in [0.25, 0.3) is 0 Å². The molecule has 1 aliphatic carbocycles. The maximum absolute atomic E-state index is 12.6. The van der Waals surface area contributed by atoms with Gasteiger partial charge in [-0.05, 0) is 37.0 Å². The summed E-state index contributed by atoms with van der Waals surface area (Å²) in [5, 5.41) is 14.0. The van der Waals surface area contributed by atoms with E-state index in [9.17, 15) is 9.32 Å². The Hall–Kier alpha value is -1.74. The molecule has 2 aromatic rings. The first-order valence-corrected chi connectivity index (χ1v) is 11.9. The lowest BCUT2D eigenvalue weighted by Gasteiger charge is -2.49. The van der Waals surface area contributed by atoms with Gasteiger partial charge in [-0.25, -0.2) is 4.98 Å². The van der Waals surface area contributed by atoms with E-state index in [2.05, 4.69) is 10.2 Å². The number of fused-ring (bicyclic) bond motifs is 1. The van der Waals surface area contributed by atoms with Crippen LogP contribution >= 0.6 is 11.6 Å². The van der Waals surface area contributed by atoms with Crippen LogP contribution in [-0.4, -0.2) is 57.4 Å². The van der Waals surface area contributed by atoms with Gasteiger partial charge in [0.1, 0.15) is 16.3 Å². The van der Waals surface area contributed by atoms with E-state index in [1.54, 1.807) is 7.11 Å². The summed E-state index contributed by atoms with van der Waals surface area (Å²) in [5.74, 6) is 1.80. The maximum Gasteiger partial charge on any atom is 0.227 e. The SMILES string of the molecule is COC1(c2ccc(Cl)cc2)CN(c2nc3c(c(NC4(CO)CCC4)n2)[S@](=O)CC3)C1. The summed E-state index contributed by atoms with van der Waals surface area (Å²) in [5.41, 5.74) is 1.12. The van der Waals surface area contributed by atoms with Crippen molar-refractivity contribution in [3.8, 4) is 0 Å². The number of methoxy groups -OCH3 is 1. The number of aryl methyl sites for hydroxylation is 1. The number of ether oxygens (including phenoxy) is 1. The minimum Gasteiger partial charge on any atom is -0.394 e. The molecule has 0 unspecified atom stereocenters. The standard InChI is InChI=1S/C21H25ClN4O3S/c1-29-21(14-3-5-15(22)6-4-14)11-26(12-21)19-23-16-7-10-30(28)17(16)18(24-19)25-20(13-27)8-2-9-20/h3-6,27H,2,7-13H2,1H3,(H,23,24,25)/t30-/m1/s1. The van der Waals surface area contributed by atoms with Gasteiger partial charge in [-0.15, -0.1) is 0 Å². The summed E-state index contributed by atoms with van der Waals surface area (Å²) in [4.78, 5) is 12.3. The van der Waals surface area contributed by atoms with E-state index >= 15 is 0 Å². The smallest absolute Gasteiger partial charge is 0.227 e. The number of halogens is 1. The number of aliphatic hydroxyl groups excluding tert-OH is 1. The third kappa shape index (κ3) is 3.21. The highest BCUT2D eigenvalue weighted by atomic mass is 35.5. The zero-order valence-electron chi connectivity index (χ0n) is 16.9. The second kappa shape index (κ2) is 7.44. The van der Waals surface area contributed by atoms with E-state index in [0.29, 0.717) is 46.9 Å². The topological polar surface area (TPSA) is 87.6 Å². The van der Waals surface area contributed by atoms with Crippen LogP contribution in [0.15, 0.2) is 29.2 Å². The second-order valence-corrected chi connectivity index (χ2v) is 10.4. The molecule has 1 saturated carbocycles. The number of anilines is 2. The molecule has 7 nitrogen and oxygen atoms in total. The van der Waals surface area contributed by atoms with Crippen LogP contribution in [0.2, 0.25) is 5.02 Å². The average molecular weight is 449 g/mol. The molecule has 2 fully saturated rings. The zero-order chi connectivity index (χ0) is 20.9. The van der Waals surface area contributed by atoms with Gasteiger partial charge in [-0.3, -0.25) is 4.21 Å². The van der Waals surface area contributed by atoms with Crippen molar-refractivity contribution in [2.45, 2.75) is 41.7 Å². The quantitative estimate of drug-likeness (QED) is 0.701. The van der Waals surface area contributed by atoms with Crippen LogP contribution < -0.4 is 10.2 Å². The molecule has 30 heavy (non-hydrogen) atoms. The van der Waals surface area contributed by atoms with Gasteiger partial charge in [-0.1, -0.05) is 23.7 Å². The fraction of sp³-hybridized carbons (Fsp3) is 0.524. The Balaban J connectivity index is 1.44. The Bertz CT molecular complexity index is 985. The zero-order valence-corrected chi connectivity index (χ0v) is 18.4. The number of rotatable bonds is 6. The van der Waals surface area contributed by atoms with E-state index in [1.807, 2.05) is 24.3 Å². The molecule has 2 N–H and O–H groups in total. The van der Waals surface area contributed by atoms with Gasteiger partial charge in [-0.2, -0.15) is 4.98 Å². The Morgan fingerprint density at radius 3 is 2.60 bits per heavy atom. The summed E-state index contributed by atoms with van der Waals surface area (Å²) in [6.07, 6.45) is 3.52. The van der Waals surface area contributed by atoms with Crippen LogP contribution in [0.5, 0.6) is 0 Å². The van der Waals surface area contributed by atoms with Crippen LogP contribution in [0.1, 0.15) is 30.5 Å². The Morgan fingerprint density at radius 1 is 1.27 bits per heavy atom. The molecule has 1 saturated heterocycles. The van der Waals surface area contributed by atoms with Crippen molar-refractivity contribution in [1.29, 1.82) is 0 Å². The van der Waals surface area contributed by atoms with Crippen LogP contribution in [0.3, 0.4) is 0 Å². The number of nitrogens with one attached hydrogen (secondary N) is 1. The second-order valence-electron chi connectivity index (χ2n) is 8.43. The van der Waals surface area contributed by atoms with E-state index in [4.69, 9.17) is 26.3 Å². The summed E-state index contributed by atoms with van der Waals surface area (Å²) in [7, 11) is 0.612. The predicted molar refractivity (Wildman–Crippen MR) is 117 cm³/mol. The van der Waals surface area contributed by atoms with Crippen molar-refractivity contribution in [2.24, 2.45) is 0 Å². The number of nitrogens with zero attached hydrogens (tertiary/aromatic N) is 3. The molecule has 0 radical (unpaired) electrons. The molecule has 0 bridgehead atoms. The molecule has 1 aromatic carbocycles. The van der Waals surface area contributed by atoms with Crippen LogP contribution in [-0.2, 0) is 27.6 Å². The minimum atomic E-state index is -1.10. The molecule has 1 aromatic heterocycles. The molecule has 5 rings (SSSR count). The number of benzene rings is 1. The third-order valence-corrected chi connectivity index (χ3v) is 8.32. The van der Waals surface area contributed by atoms with Gasteiger partial charge in [0, 0.05) is 24.3 Å². The molecule has 3 aliphatic rings. The van der Waals surface area contributed by atoms with E-state index in [1.165, 1.54) is 0 Å². The molecule has 0 amide bonds. The molecular formula is C21H25ClN4O3S. The Labute approximate surface area is 183 Å². The van der Waals surface area contributed by atoms with E-state index < -0.39 is 16.4 Å². The number of hydrogen-bond donors (Lipinski definition) is 2. The average Bonchev–Trinajstić information content (AvgIpc) is 3.07. The van der Waals surface area contributed by atoms with Gasteiger partial charge in [0.25, 0.3) is 0 Å². The van der Waals surface area contributed by atoms with E-state index in [-0.39, 0.29) is 12.1 Å². The molecule has 3 heterocycles. The first-order valence-electron chi connectivity index (χ1n) is 10.2. The lowest BCUT2D eigenvalue weighted by molar-refractivity contribution is -0.0390. The van der Waals surface area contributed by atoms with Crippen molar-refractivity contribution in [2.75, 3.05) is 42.8 Å². The van der Waals surface area contributed by atoms with Crippen molar-refractivity contribution >= 4 is 34.2 Å². The maximum atomic E-state index is 12.6. The highest BCUT2D eigenvalue weighted by Crippen LogP contribution is 2.41. The highest BCUT2D eigenvalue weighted by molar-refractivity contribution is 7.85. The van der Waals surface area contributed by atoms with Crippen molar-refractivity contribution in [3.05, 3.63) is 40.5 Å².